The van der Waals surface area contributed by atoms with Gasteiger partial charge in [-0.2, -0.15) is 5.10 Å². The van der Waals surface area contributed by atoms with Crippen molar-refractivity contribution < 1.29 is 0 Å². The number of rotatable bonds is 5. The molecule has 2 unspecified atom stereocenters. The summed E-state index contributed by atoms with van der Waals surface area (Å²) >= 11 is 3.70. The van der Waals surface area contributed by atoms with E-state index in [1.165, 1.54) is 29.4 Å². The molecule has 1 heterocycles. The highest BCUT2D eigenvalue weighted by atomic mass is 79.9. The van der Waals surface area contributed by atoms with Crippen LogP contribution in [0.15, 0.2) is 4.47 Å². The van der Waals surface area contributed by atoms with E-state index < -0.39 is 0 Å². The molecule has 2 rings (SSSR count). The van der Waals surface area contributed by atoms with Crippen molar-refractivity contribution in [1.29, 1.82) is 0 Å². The molecule has 102 valence electrons. The summed E-state index contributed by atoms with van der Waals surface area (Å²) in [7, 11) is 0. The van der Waals surface area contributed by atoms with Crippen LogP contribution >= 0.6 is 15.9 Å². The summed E-state index contributed by atoms with van der Waals surface area (Å²) in [6.45, 7) is 8.48. The smallest absolute Gasteiger partial charge is 0.0738 e. The van der Waals surface area contributed by atoms with Crippen molar-refractivity contribution in [3.63, 3.8) is 0 Å². The average molecular weight is 314 g/mol. The summed E-state index contributed by atoms with van der Waals surface area (Å²) in [5.41, 5.74) is 2.50. The van der Waals surface area contributed by atoms with Gasteiger partial charge in [0, 0.05) is 12.6 Å². The first kappa shape index (κ1) is 14.1. The van der Waals surface area contributed by atoms with E-state index >= 15 is 0 Å². The molecule has 0 aromatic carbocycles. The minimum absolute atomic E-state index is 0.697. The molecule has 0 spiro atoms. The lowest BCUT2D eigenvalue weighted by molar-refractivity contribution is 0.395. The molecule has 1 aromatic heterocycles. The van der Waals surface area contributed by atoms with Crippen LogP contribution in [0, 0.1) is 12.8 Å². The van der Waals surface area contributed by atoms with Gasteiger partial charge in [-0.25, -0.2) is 0 Å². The van der Waals surface area contributed by atoms with Crippen molar-refractivity contribution in [1.82, 2.24) is 15.1 Å². The summed E-state index contributed by atoms with van der Waals surface area (Å²) in [6, 6.07) is 0.697. The van der Waals surface area contributed by atoms with E-state index in [1.807, 2.05) is 0 Å². The molecule has 4 heteroatoms. The van der Waals surface area contributed by atoms with Crippen LogP contribution in [0.2, 0.25) is 0 Å². The molecular weight excluding hydrogens is 290 g/mol. The highest BCUT2D eigenvalue weighted by molar-refractivity contribution is 9.10. The molecule has 1 aliphatic rings. The van der Waals surface area contributed by atoms with Crippen LogP contribution in [0.3, 0.4) is 0 Å². The van der Waals surface area contributed by atoms with Crippen molar-refractivity contribution in [2.45, 2.75) is 59.0 Å². The van der Waals surface area contributed by atoms with Gasteiger partial charge < -0.3 is 5.32 Å². The number of hydrogen-bond acceptors (Lipinski definition) is 2. The van der Waals surface area contributed by atoms with Crippen molar-refractivity contribution in [3.05, 3.63) is 15.9 Å². The molecule has 1 aliphatic carbocycles. The molecule has 0 radical (unpaired) electrons. The summed E-state index contributed by atoms with van der Waals surface area (Å²) < 4.78 is 3.37. The second-order valence-electron chi connectivity index (χ2n) is 5.22. The number of hydrogen-bond donors (Lipinski definition) is 1. The Balaban J connectivity index is 2.13. The quantitative estimate of drug-likeness (QED) is 0.904. The largest absolute Gasteiger partial charge is 0.314 e. The predicted octanol–water partition coefficient (Wildman–Crippen LogP) is 3.29. The number of nitrogens with one attached hydrogen (secondary N) is 1. The number of halogens is 1. The first-order valence-corrected chi connectivity index (χ1v) is 7.91. The first-order valence-electron chi connectivity index (χ1n) is 7.12. The van der Waals surface area contributed by atoms with Crippen LogP contribution in [0.25, 0.3) is 0 Å². The average Bonchev–Trinajstić information content (AvgIpc) is 2.90. The molecule has 1 N–H and O–H groups in total. The van der Waals surface area contributed by atoms with Crippen molar-refractivity contribution in [2.24, 2.45) is 5.92 Å². The third-order valence-electron chi connectivity index (χ3n) is 4.03. The number of aromatic nitrogens is 2. The molecule has 0 saturated heterocycles. The molecule has 2 atom stereocenters. The summed E-state index contributed by atoms with van der Waals surface area (Å²) in [6.07, 6.45) is 5.18. The molecule has 0 bridgehead atoms. The lowest BCUT2D eigenvalue weighted by atomic mass is 9.97. The highest BCUT2D eigenvalue weighted by Crippen LogP contribution is 2.32. The normalized spacial score (nSPS) is 23.8. The maximum Gasteiger partial charge on any atom is 0.0738 e. The molecule has 3 nitrogen and oxygen atoms in total. The van der Waals surface area contributed by atoms with Gasteiger partial charge in [-0.1, -0.05) is 13.3 Å². The van der Waals surface area contributed by atoms with E-state index in [0.29, 0.717) is 6.04 Å². The number of nitrogens with zero attached hydrogens (tertiary/aromatic N) is 2. The SMILES string of the molecule is CCNC1CCCC1Cc1c(Br)c(C)nn1CC. The van der Waals surface area contributed by atoms with Crippen LogP contribution in [-0.4, -0.2) is 22.4 Å². The van der Waals surface area contributed by atoms with Gasteiger partial charge in [-0.05, 0) is 61.5 Å². The van der Waals surface area contributed by atoms with Gasteiger partial charge in [0.2, 0.25) is 0 Å². The Hall–Kier alpha value is -0.350. The lowest BCUT2D eigenvalue weighted by Gasteiger charge is -2.20. The summed E-state index contributed by atoms with van der Waals surface area (Å²) in [5.74, 6) is 0.766. The van der Waals surface area contributed by atoms with Crippen molar-refractivity contribution >= 4 is 15.9 Å². The van der Waals surface area contributed by atoms with Crippen molar-refractivity contribution in [2.75, 3.05) is 6.54 Å². The topological polar surface area (TPSA) is 29.9 Å². The molecule has 18 heavy (non-hydrogen) atoms. The molecule has 1 saturated carbocycles. The van der Waals surface area contributed by atoms with Gasteiger partial charge in [-0.15, -0.1) is 0 Å². The fourth-order valence-corrected chi connectivity index (χ4v) is 3.57. The molecule has 0 amide bonds. The van der Waals surface area contributed by atoms with E-state index in [1.54, 1.807) is 0 Å². The third kappa shape index (κ3) is 2.80. The fourth-order valence-electron chi connectivity index (χ4n) is 3.12. The maximum atomic E-state index is 4.59. The fraction of sp³-hybridized carbons (Fsp3) is 0.786. The Morgan fingerprint density at radius 3 is 2.83 bits per heavy atom. The predicted molar refractivity (Wildman–Crippen MR) is 78.8 cm³/mol. The van der Waals surface area contributed by atoms with Crippen LogP contribution in [0.5, 0.6) is 0 Å². The second kappa shape index (κ2) is 6.20. The van der Waals surface area contributed by atoms with E-state index in [2.05, 4.69) is 51.8 Å². The molecule has 0 aliphatic heterocycles. The van der Waals surface area contributed by atoms with Gasteiger partial charge in [0.1, 0.15) is 0 Å². The Morgan fingerprint density at radius 1 is 1.39 bits per heavy atom. The molecular formula is C14H24BrN3. The Morgan fingerprint density at radius 2 is 2.17 bits per heavy atom. The van der Waals surface area contributed by atoms with Gasteiger partial charge in [-0.3, -0.25) is 4.68 Å². The van der Waals surface area contributed by atoms with Gasteiger partial charge in [0.15, 0.2) is 0 Å². The third-order valence-corrected chi connectivity index (χ3v) is 5.07. The Labute approximate surface area is 118 Å². The molecule has 1 fully saturated rings. The van der Waals surface area contributed by atoms with Gasteiger partial charge in [0.25, 0.3) is 0 Å². The van der Waals surface area contributed by atoms with E-state index in [9.17, 15) is 0 Å². The monoisotopic (exact) mass is 313 g/mol. The highest BCUT2D eigenvalue weighted by Gasteiger charge is 2.28. The van der Waals surface area contributed by atoms with E-state index in [4.69, 9.17) is 0 Å². The minimum Gasteiger partial charge on any atom is -0.314 e. The van der Waals surface area contributed by atoms with E-state index in [0.717, 1.165) is 31.1 Å². The minimum atomic E-state index is 0.697. The summed E-state index contributed by atoms with van der Waals surface area (Å²) in [4.78, 5) is 0. The number of aryl methyl sites for hydroxylation is 2. The zero-order chi connectivity index (χ0) is 13.1. The molecule has 1 aromatic rings. The van der Waals surface area contributed by atoms with Crippen LogP contribution in [0.4, 0.5) is 0 Å². The Kier molecular flexibility index (Phi) is 4.84. The van der Waals surface area contributed by atoms with Gasteiger partial charge in [0.05, 0.1) is 15.9 Å². The van der Waals surface area contributed by atoms with E-state index in [-0.39, 0.29) is 0 Å². The summed E-state index contributed by atoms with van der Waals surface area (Å²) in [5, 5.41) is 8.22. The lowest BCUT2D eigenvalue weighted by Crippen LogP contribution is -2.33. The maximum absolute atomic E-state index is 4.59. The van der Waals surface area contributed by atoms with Crippen LogP contribution in [0.1, 0.15) is 44.5 Å². The van der Waals surface area contributed by atoms with Crippen LogP contribution in [-0.2, 0) is 13.0 Å². The van der Waals surface area contributed by atoms with Crippen molar-refractivity contribution in [3.8, 4) is 0 Å². The van der Waals surface area contributed by atoms with Crippen LogP contribution < -0.4 is 5.32 Å². The second-order valence-corrected chi connectivity index (χ2v) is 6.01. The first-order chi connectivity index (χ1) is 8.67. The Bertz CT molecular complexity index is 400. The zero-order valence-electron chi connectivity index (χ0n) is 11.7. The standard InChI is InChI=1S/C14H24BrN3/c1-4-16-12-8-6-7-11(12)9-13-14(15)10(3)17-18(13)5-2/h11-12,16H,4-9H2,1-3H3. The zero-order valence-corrected chi connectivity index (χ0v) is 13.3. The van der Waals surface area contributed by atoms with Gasteiger partial charge >= 0.3 is 0 Å².